The summed E-state index contributed by atoms with van der Waals surface area (Å²) < 4.78 is 5.53. The second-order valence-corrected chi connectivity index (χ2v) is 9.40. The predicted octanol–water partition coefficient (Wildman–Crippen LogP) is 3.04. The fourth-order valence-electron chi connectivity index (χ4n) is 4.31. The highest BCUT2D eigenvalue weighted by Gasteiger charge is 2.26. The van der Waals surface area contributed by atoms with E-state index in [-0.39, 0.29) is 11.1 Å². The van der Waals surface area contributed by atoms with Crippen molar-refractivity contribution in [2.24, 2.45) is 4.99 Å². The van der Waals surface area contributed by atoms with Crippen molar-refractivity contribution in [3.05, 3.63) is 65.0 Å². The first-order valence-electron chi connectivity index (χ1n) is 11.4. The molecule has 1 aliphatic carbocycles. The number of hydrogen-bond donors (Lipinski definition) is 4. The molecule has 176 valence electrons. The van der Waals surface area contributed by atoms with Crippen LogP contribution in [0.4, 0.5) is 4.79 Å². The van der Waals surface area contributed by atoms with Crippen LogP contribution in [0.5, 0.6) is 0 Å². The smallest absolute Gasteiger partial charge is 0.290 e. The second-order valence-electron chi connectivity index (χ2n) is 8.39. The van der Waals surface area contributed by atoms with Crippen LogP contribution in [-0.2, 0) is 11.3 Å². The van der Waals surface area contributed by atoms with E-state index in [0.29, 0.717) is 29.5 Å². The van der Waals surface area contributed by atoms with E-state index >= 15 is 0 Å². The van der Waals surface area contributed by atoms with Crippen molar-refractivity contribution in [3.8, 4) is 11.5 Å². The summed E-state index contributed by atoms with van der Waals surface area (Å²) in [6, 6.07) is 8.63. The number of imide groups is 1. The third kappa shape index (κ3) is 5.40. The summed E-state index contributed by atoms with van der Waals surface area (Å²) in [6.07, 6.45) is 11.2. The molecule has 0 bridgehead atoms. The Kier molecular flexibility index (Phi) is 6.77. The third-order valence-electron chi connectivity index (χ3n) is 6.05. The molecule has 0 aromatic carbocycles. The summed E-state index contributed by atoms with van der Waals surface area (Å²) >= 11 is 0.912. The van der Waals surface area contributed by atoms with Crippen molar-refractivity contribution < 1.29 is 14.0 Å². The van der Waals surface area contributed by atoms with Crippen LogP contribution in [-0.4, -0.2) is 40.7 Å². The minimum Gasteiger partial charge on any atom is -0.463 e. The Bertz CT molecular complexity index is 1150. The summed E-state index contributed by atoms with van der Waals surface area (Å²) in [5.41, 5.74) is 2.78. The number of guanidine groups is 1. The fourth-order valence-corrected chi connectivity index (χ4v) is 4.98. The molecule has 2 aliphatic heterocycles. The van der Waals surface area contributed by atoms with Gasteiger partial charge in [-0.25, -0.2) is 4.99 Å². The lowest BCUT2D eigenvalue weighted by molar-refractivity contribution is -0.115. The number of amides is 2. The number of furan rings is 1. The molecular formula is C24H26N6O3S. The van der Waals surface area contributed by atoms with Gasteiger partial charge in [0.1, 0.15) is 5.69 Å². The number of pyridine rings is 1. The number of nitrogens with zero attached hydrogens (tertiary/aromatic N) is 2. The van der Waals surface area contributed by atoms with Crippen LogP contribution in [0.15, 0.2) is 68.9 Å². The average molecular weight is 479 g/mol. The van der Waals surface area contributed by atoms with Gasteiger partial charge in [0.2, 0.25) is 0 Å². The normalized spacial score (nSPS) is 23.8. The first-order chi connectivity index (χ1) is 16.6. The van der Waals surface area contributed by atoms with Crippen LogP contribution < -0.4 is 21.3 Å². The third-order valence-corrected chi connectivity index (χ3v) is 6.86. The van der Waals surface area contributed by atoms with E-state index in [1.807, 2.05) is 24.3 Å². The number of aromatic nitrogens is 1. The van der Waals surface area contributed by atoms with Crippen LogP contribution in [0.3, 0.4) is 0 Å². The van der Waals surface area contributed by atoms with Gasteiger partial charge in [0.25, 0.3) is 11.1 Å². The van der Waals surface area contributed by atoms with E-state index in [2.05, 4.69) is 37.3 Å². The largest absolute Gasteiger partial charge is 0.463 e. The lowest BCUT2D eigenvalue weighted by Crippen LogP contribution is -2.47. The summed E-state index contributed by atoms with van der Waals surface area (Å²) in [5, 5.41) is 12.3. The molecule has 10 heteroatoms. The zero-order valence-corrected chi connectivity index (χ0v) is 19.4. The van der Waals surface area contributed by atoms with E-state index in [9.17, 15) is 9.59 Å². The summed E-state index contributed by atoms with van der Waals surface area (Å²) in [7, 11) is 0. The molecule has 1 saturated heterocycles. The van der Waals surface area contributed by atoms with E-state index in [1.165, 1.54) is 0 Å². The number of allylic oxidation sites excluding steroid dienone is 1. The SMILES string of the molecule is O=C1NC(=O)/C(=C/C2=CCN=C(NC3CCC(NCc4cccnc4-c4ccco4)CC3)N2)S1. The van der Waals surface area contributed by atoms with Crippen molar-refractivity contribution in [1.82, 2.24) is 26.3 Å². The fraction of sp³-hybridized carbons (Fsp3) is 0.333. The quantitative estimate of drug-likeness (QED) is 0.468. The summed E-state index contributed by atoms with van der Waals surface area (Å²) in [4.78, 5) is 32.5. The topological polar surface area (TPSA) is 121 Å². The number of hydrogen-bond acceptors (Lipinski definition) is 9. The lowest BCUT2D eigenvalue weighted by Gasteiger charge is -2.31. The number of carbonyl (C=O) groups is 2. The Labute approximate surface area is 201 Å². The van der Waals surface area contributed by atoms with Gasteiger partial charge in [-0.1, -0.05) is 6.07 Å². The second kappa shape index (κ2) is 10.3. The van der Waals surface area contributed by atoms with Crippen molar-refractivity contribution in [1.29, 1.82) is 0 Å². The summed E-state index contributed by atoms with van der Waals surface area (Å²) in [5.74, 6) is 1.14. The van der Waals surface area contributed by atoms with Crippen molar-refractivity contribution in [2.45, 2.75) is 44.3 Å². The van der Waals surface area contributed by atoms with Gasteiger partial charge >= 0.3 is 0 Å². The van der Waals surface area contributed by atoms with Gasteiger partial charge in [-0.2, -0.15) is 0 Å². The number of aliphatic imine (C=N–C) groups is 1. The van der Waals surface area contributed by atoms with E-state index in [4.69, 9.17) is 4.42 Å². The molecule has 2 fully saturated rings. The Morgan fingerprint density at radius 2 is 1.97 bits per heavy atom. The molecular weight excluding hydrogens is 452 g/mol. The standard InChI is InChI=1S/C24H26N6O3S/c31-22-20(34-24(32)30-22)13-18-9-11-26-23(29-18)28-17-7-5-16(6-8-17)27-14-15-3-1-10-25-21(15)19-4-2-12-33-19/h1-4,9-10,12-13,16-17,27H,5-8,11,14H2,(H2,26,28,29)(H,30,31,32)/b20-13-. The van der Waals surface area contributed by atoms with Gasteiger partial charge in [-0.05, 0) is 73.4 Å². The molecule has 3 aliphatic rings. The minimum atomic E-state index is -0.358. The van der Waals surface area contributed by atoms with Gasteiger partial charge in [0.15, 0.2) is 11.7 Å². The zero-order chi connectivity index (χ0) is 23.3. The monoisotopic (exact) mass is 478 g/mol. The molecule has 0 atom stereocenters. The Hall–Kier alpha value is -3.37. The van der Waals surface area contributed by atoms with Crippen molar-refractivity contribution >= 4 is 28.9 Å². The predicted molar refractivity (Wildman–Crippen MR) is 131 cm³/mol. The van der Waals surface area contributed by atoms with Crippen molar-refractivity contribution in [2.75, 3.05) is 6.54 Å². The van der Waals surface area contributed by atoms with Crippen molar-refractivity contribution in [3.63, 3.8) is 0 Å². The minimum absolute atomic E-state index is 0.333. The highest BCUT2D eigenvalue weighted by atomic mass is 32.2. The molecule has 2 aromatic heterocycles. The van der Waals surface area contributed by atoms with Crippen LogP contribution in [0.25, 0.3) is 11.5 Å². The molecule has 1 saturated carbocycles. The van der Waals surface area contributed by atoms with Gasteiger partial charge in [0, 0.05) is 30.5 Å². The maximum absolute atomic E-state index is 11.8. The molecule has 2 aromatic rings. The van der Waals surface area contributed by atoms with E-state index in [1.54, 1.807) is 18.5 Å². The molecule has 2 amide bonds. The zero-order valence-electron chi connectivity index (χ0n) is 18.5. The number of nitrogens with one attached hydrogen (secondary N) is 4. The maximum Gasteiger partial charge on any atom is 0.290 e. The molecule has 34 heavy (non-hydrogen) atoms. The highest BCUT2D eigenvalue weighted by molar-refractivity contribution is 8.18. The van der Waals surface area contributed by atoms with Gasteiger partial charge < -0.3 is 20.4 Å². The molecule has 9 nitrogen and oxygen atoms in total. The number of rotatable bonds is 6. The molecule has 4 N–H and O–H groups in total. The number of carbonyl (C=O) groups excluding carboxylic acids is 2. The Balaban J connectivity index is 1.09. The van der Waals surface area contributed by atoms with Crippen LogP contribution >= 0.6 is 11.8 Å². The van der Waals surface area contributed by atoms with E-state index < -0.39 is 0 Å². The lowest BCUT2D eigenvalue weighted by atomic mass is 9.91. The average Bonchev–Trinajstić information content (AvgIpc) is 3.49. The molecule has 4 heterocycles. The first kappa shape index (κ1) is 22.4. The van der Waals surface area contributed by atoms with Gasteiger partial charge in [0.05, 0.1) is 17.7 Å². The highest BCUT2D eigenvalue weighted by Crippen LogP contribution is 2.25. The molecule has 0 spiro atoms. The van der Waals surface area contributed by atoms with Crippen LogP contribution in [0.2, 0.25) is 0 Å². The summed E-state index contributed by atoms with van der Waals surface area (Å²) in [6.45, 7) is 1.27. The first-order valence-corrected chi connectivity index (χ1v) is 12.2. The van der Waals surface area contributed by atoms with Gasteiger partial charge in [-0.15, -0.1) is 0 Å². The van der Waals surface area contributed by atoms with Crippen LogP contribution in [0, 0.1) is 0 Å². The van der Waals surface area contributed by atoms with E-state index in [0.717, 1.165) is 66.7 Å². The Morgan fingerprint density at radius 1 is 1.12 bits per heavy atom. The Morgan fingerprint density at radius 3 is 2.74 bits per heavy atom. The maximum atomic E-state index is 11.8. The molecule has 5 rings (SSSR count). The number of thioether (sulfide) groups is 1. The van der Waals surface area contributed by atoms with Crippen LogP contribution in [0.1, 0.15) is 31.2 Å². The molecule has 0 radical (unpaired) electrons. The van der Waals surface area contributed by atoms with Gasteiger partial charge in [-0.3, -0.25) is 19.9 Å². The molecule has 0 unspecified atom stereocenters.